The van der Waals surface area contributed by atoms with Gasteiger partial charge in [0.15, 0.2) is 0 Å². The zero-order chi connectivity index (χ0) is 15.5. The second kappa shape index (κ2) is 6.26. The van der Waals surface area contributed by atoms with Crippen LogP contribution in [0.2, 0.25) is 0 Å². The van der Waals surface area contributed by atoms with Crippen molar-refractivity contribution >= 4 is 11.6 Å². The Balaban J connectivity index is 2.08. The van der Waals surface area contributed by atoms with Crippen LogP contribution < -0.4 is 5.32 Å². The van der Waals surface area contributed by atoms with Crippen LogP contribution >= 0.6 is 0 Å². The van der Waals surface area contributed by atoms with E-state index in [2.05, 4.69) is 5.32 Å². The Morgan fingerprint density at radius 3 is 2.76 bits per heavy atom. The highest BCUT2D eigenvalue weighted by Gasteiger charge is 2.32. The predicted octanol–water partition coefficient (Wildman–Crippen LogP) is 1.84. The van der Waals surface area contributed by atoms with Crippen LogP contribution in [0.1, 0.15) is 49.5 Å². The van der Waals surface area contributed by atoms with Gasteiger partial charge < -0.3 is 15.0 Å². The number of hydrogen-bond acceptors (Lipinski definition) is 4. The van der Waals surface area contributed by atoms with Gasteiger partial charge in [0.05, 0.1) is 16.7 Å². The number of nitro groups is 1. The molecule has 0 radical (unpaired) electrons. The number of aromatic nitrogens is 1. The van der Waals surface area contributed by atoms with E-state index in [1.807, 2.05) is 6.92 Å². The van der Waals surface area contributed by atoms with E-state index in [0.717, 1.165) is 19.3 Å². The number of nitrogens with zero attached hydrogens (tertiary/aromatic N) is 2. The molecule has 0 aromatic carbocycles. The van der Waals surface area contributed by atoms with Crippen LogP contribution in [0.15, 0.2) is 12.3 Å². The van der Waals surface area contributed by atoms with E-state index in [4.69, 9.17) is 0 Å². The molecule has 0 spiro atoms. The first kappa shape index (κ1) is 15.5. The van der Waals surface area contributed by atoms with Crippen molar-refractivity contribution in [2.45, 2.75) is 51.2 Å². The van der Waals surface area contributed by atoms with Crippen molar-refractivity contribution in [3.63, 3.8) is 0 Å². The molecule has 0 aliphatic heterocycles. The molecule has 1 saturated carbocycles. The molecule has 1 fully saturated rings. The van der Waals surface area contributed by atoms with Gasteiger partial charge >= 0.3 is 0 Å². The number of nitrogens with one attached hydrogen (secondary N) is 1. The molecule has 7 nitrogen and oxygen atoms in total. The lowest BCUT2D eigenvalue weighted by Gasteiger charge is -2.22. The molecule has 2 N–H and O–H groups in total. The highest BCUT2D eigenvalue weighted by Crippen LogP contribution is 2.28. The molecule has 1 heterocycles. The summed E-state index contributed by atoms with van der Waals surface area (Å²) in [4.78, 5) is 22.5. The third-order valence-electron chi connectivity index (χ3n) is 3.90. The summed E-state index contributed by atoms with van der Waals surface area (Å²) in [5.74, 6) is -0.378. The maximum atomic E-state index is 12.2. The average Bonchev–Trinajstić information content (AvgIpc) is 3.04. The molecule has 116 valence electrons. The summed E-state index contributed by atoms with van der Waals surface area (Å²) in [6, 6.07) is 1.28. The lowest BCUT2D eigenvalue weighted by Crippen LogP contribution is -2.41. The molecule has 21 heavy (non-hydrogen) atoms. The van der Waals surface area contributed by atoms with E-state index in [1.165, 1.54) is 12.3 Å². The normalized spacial score (nSPS) is 16.9. The molecule has 0 saturated heterocycles. The van der Waals surface area contributed by atoms with Crippen molar-refractivity contribution in [3.05, 3.63) is 28.1 Å². The monoisotopic (exact) mass is 295 g/mol. The van der Waals surface area contributed by atoms with Gasteiger partial charge in [-0.05, 0) is 19.3 Å². The van der Waals surface area contributed by atoms with E-state index in [-0.39, 0.29) is 23.8 Å². The van der Waals surface area contributed by atoms with Crippen molar-refractivity contribution in [2.75, 3.05) is 6.54 Å². The van der Waals surface area contributed by atoms with Crippen LogP contribution in [-0.2, 0) is 6.54 Å². The largest absolute Gasteiger partial charge is 0.388 e. The topological polar surface area (TPSA) is 97.4 Å². The van der Waals surface area contributed by atoms with E-state index in [1.54, 1.807) is 4.57 Å². The quantitative estimate of drug-likeness (QED) is 0.618. The summed E-state index contributed by atoms with van der Waals surface area (Å²) in [5, 5.41) is 23.8. The third-order valence-corrected chi connectivity index (χ3v) is 3.90. The minimum Gasteiger partial charge on any atom is -0.388 e. The molecule has 0 atom stereocenters. The fourth-order valence-electron chi connectivity index (χ4n) is 2.76. The van der Waals surface area contributed by atoms with E-state index in [9.17, 15) is 20.0 Å². The van der Waals surface area contributed by atoms with Crippen LogP contribution in [0.5, 0.6) is 0 Å². The van der Waals surface area contributed by atoms with Crippen LogP contribution in [-0.4, -0.2) is 32.6 Å². The first-order chi connectivity index (χ1) is 9.95. The number of aliphatic hydroxyl groups is 1. The number of rotatable bonds is 6. The molecule has 7 heteroatoms. The molecular weight excluding hydrogens is 274 g/mol. The fraction of sp³-hybridized carbons (Fsp3) is 0.643. The van der Waals surface area contributed by atoms with Gasteiger partial charge in [0.25, 0.3) is 11.6 Å². The second-order valence-electron chi connectivity index (χ2n) is 5.65. The summed E-state index contributed by atoms with van der Waals surface area (Å²) in [7, 11) is 0. The Morgan fingerprint density at radius 2 is 2.19 bits per heavy atom. The van der Waals surface area contributed by atoms with Crippen LogP contribution in [0.25, 0.3) is 0 Å². The molecule has 0 unspecified atom stereocenters. The lowest BCUT2D eigenvalue weighted by atomic mass is 10.0. The van der Waals surface area contributed by atoms with Crippen molar-refractivity contribution in [1.29, 1.82) is 0 Å². The Kier molecular flexibility index (Phi) is 4.62. The third kappa shape index (κ3) is 3.60. The number of hydrogen-bond donors (Lipinski definition) is 2. The molecule has 2 rings (SSSR count). The van der Waals surface area contributed by atoms with Gasteiger partial charge in [0.1, 0.15) is 5.69 Å². The maximum Gasteiger partial charge on any atom is 0.287 e. The van der Waals surface area contributed by atoms with Crippen LogP contribution in [0.4, 0.5) is 5.69 Å². The fourth-order valence-corrected chi connectivity index (χ4v) is 2.76. The number of amides is 1. The molecule has 1 aromatic rings. The van der Waals surface area contributed by atoms with E-state index in [0.29, 0.717) is 19.4 Å². The van der Waals surface area contributed by atoms with Crippen molar-refractivity contribution in [1.82, 2.24) is 9.88 Å². The summed E-state index contributed by atoms with van der Waals surface area (Å²) < 4.78 is 1.59. The van der Waals surface area contributed by atoms with Crippen LogP contribution in [0, 0.1) is 10.1 Å². The highest BCUT2D eigenvalue weighted by atomic mass is 16.6. The minimum absolute atomic E-state index is 0.0896. The van der Waals surface area contributed by atoms with Gasteiger partial charge in [-0.15, -0.1) is 0 Å². The minimum atomic E-state index is -0.830. The summed E-state index contributed by atoms with van der Waals surface area (Å²) in [6.07, 6.45) is 5.44. The summed E-state index contributed by atoms with van der Waals surface area (Å²) in [5.41, 5.74) is -0.651. The Labute approximate surface area is 123 Å². The zero-order valence-electron chi connectivity index (χ0n) is 12.2. The van der Waals surface area contributed by atoms with Gasteiger partial charge in [0, 0.05) is 19.2 Å². The number of aryl methyl sites for hydroxylation is 1. The predicted molar refractivity (Wildman–Crippen MR) is 77.1 cm³/mol. The Morgan fingerprint density at radius 1 is 1.52 bits per heavy atom. The Hall–Kier alpha value is -1.89. The first-order valence-corrected chi connectivity index (χ1v) is 7.30. The van der Waals surface area contributed by atoms with Gasteiger partial charge in [-0.3, -0.25) is 14.9 Å². The second-order valence-corrected chi connectivity index (χ2v) is 5.65. The average molecular weight is 295 g/mol. The molecule has 0 bridgehead atoms. The zero-order valence-corrected chi connectivity index (χ0v) is 12.2. The molecule has 1 aromatic heterocycles. The van der Waals surface area contributed by atoms with Crippen molar-refractivity contribution in [2.24, 2.45) is 0 Å². The van der Waals surface area contributed by atoms with Crippen molar-refractivity contribution < 1.29 is 14.8 Å². The van der Waals surface area contributed by atoms with E-state index >= 15 is 0 Å². The highest BCUT2D eigenvalue weighted by molar-refractivity contribution is 5.93. The Bertz CT molecular complexity index is 532. The van der Waals surface area contributed by atoms with Gasteiger partial charge in [-0.1, -0.05) is 19.8 Å². The molecule has 1 aliphatic carbocycles. The molecule has 1 aliphatic rings. The van der Waals surface area contributed by atoms with Gasteiger partial charge in [0.2, 0.25) is 0 Å². The first-order valence-electron chi connectivity index (χ1n) is 7.30. The number of carbonyl (C=O) groups excluding carboxylic acids is 1. The van der Waals surface area contributed by atoms with Gasteiger partial charge in [-0.25, -0.2) is 0 Å². The lowest BCUT2D eigenvalue weighted by molar-refractivity contribution is -0.384. The van der Waals surface area contributed by atoms with Crippen LogP contribution in [0.3, 0.4) is 0 Å². The standard InChI is InChI=1S/C14H21N3O4/c1-2-7-16-9-11(17(20)21)8-12(16)13(18)15-10-14(19)5-3-4-6-14/h8-9,19H,2-7,10H2,1H3,(H,15,18). The van der Waals surface area contributed by atoms with Crippen molar-refractivity contribution in [3.8, 4) is 0 Å². The number of carbonyl (C=O) groups is 1. The SMILES string of the molecule is CCCn1cc([N+](=O)[O-])cc1C(=O)NCC1(O)CCCC1. The summed E-state index contributed by atoms with van der Waals surface area (Å²) >= 11 is 0. The molecular formula is C14H21N3O4. The summed E-state index contributed by atoms with van der Waals surface area (Å²) in [6.45, 7) is 2.67. The molecule has 1 amide bonds. The van der Waals surface area contributed by atoms with E-state index < -0.39 is 10.5 Å². The van der Waals surface area contributed by atoms with Gasteiger partial charge in [-0.2, -0.15) is 0 Å². The maximum absolute atomic E-state index is 12.2. The smallest absolute Gasteiger partial charge is 0.287 e.